The Balaban J connectivity index is 1.70. The molecule has 9 nitrogen and oxygen atoms in total. The van der Waals surface area contributed by atoms with Gasteiger partial charge in [-0.2, -0.15) is 0 Å². The number of rotatable bonds is 18. The molecule has 3 N–H and O–H groups in total. The first kappa shape index (κ1) is 27.6. The van der Waals surface area contributed by atoms with Crippen LogP contribution in [0.4, 0.5) is 5.69 Å². The van der Waals surface area contributed by atoms with Crippen molar-refractivity contribution in [2.45, 2.75) is 84.0 Å². The molecule has 1 aliphatic heterocycles. The van der Waals surface area contributed by atoms with Gasteiger partial charge in [-0.1, -0.05) is 64.7 Å². The molecule has 0 radical (unpaired) electrons. The number of carbonyl (C=O) groups is 1. The van der Waals surface area contributed by atoms with E-state index < -0.39 is 0 Å². The van der Waals surface area contributed by atoms with E-state index in [-0.39, 0.29) is 12.3 Å². The molecule has 0 atom stereocenters. The maximum atomic E-state index is 12.6. The second-order valence-electron chi connectivity index (χ2n) is 8.54. The van der Waals surface area contributed by atoms with Crippen molar-refractivity contribution in [2.75, 3.05) is 33.2 Å². The number of unbranched alkanes of at least 4 members (excludes halogenated alkanes) is 9. The van der Waals surface area contributed by atoms with Crippen molar-refractivity contribution in [3.63, 3.8) is 0 Å². The Morgan fingerprint density at radius 2 is 1.50 bits per heavy atom. The van der Waals surface area contributed by atoms with Gasteiger partial charge < -0.3 is 19.5 Å². The predicted octanol–water partition coefficient (Wildman–Crippen LogP) is 4.99. The molecule has 1 aromatic carbocycles. The quantitative estimate of drug-likeness (QED) is 0.256. The molecule has 0 bridgehead atoms. The van der Waals surface area contributed by atoms with E-state index in [2.05, 4.69) is 28.4 Å². The van der Waals surface area contributed by atoms with E-state index in [0.717, 1.165) is 18.8 Å². The summed E-state index contributed by atoms with van der Waals surface area (Å²) in [7, 11) is 4.65. The summed E-state index contributed by atoms with van der Waals surface area (Å²) in [5.41, 5.74) is 6.35. The number of anilines is 1. The summed E-state index contributed by atoms with van der Waals surface area (Å²) in [4.78, 5) is 12.6. The molecule has 1 amide bonds. The van der Waals surface area contributed by atoms with Gasteiger partial charge in [-0.15, -0.1) is 10.6 Å². The van der Waals surface area contributed by atoms with Crippen LogP contribution in [0.2, 0.25) is 0 Å². The zero-order chi connectivity index (χ0) is 24.6. The fraction of sp³-hybridized carbons (Fsp3) is 0.680. The number of hydrogen-bond donors (Lipinski definition) is 3. The summed E-state index contributed by atoms with van der Waals surface area (Å²) in [6.07, 6.45) is 13.8. The Kier molecular flexibility index (Phi) is 13.0. The molecule has 0 unspecified atom stereocenters. The topological polar surface area (TPSA) is 96.5 Å². The van der Waals surface area contributed by atoms with E-state index in [1.807, 2.05) is 5.01 Å². The molecular weight excluding hydrogens is 434 g/mol. The van der Waals surface area contributed by atoms with E-state index in [1.54, 1.807) is 33.5 Å². The molecule has 192 valence electrons. The number of carbonyl (C=O) groups excluding carboxylic acids is 1. The van der Waals surface area contributed by atoms with Crippen LogP contribution in [0.25, 0.3) is 0 Å². The Bertz CT molecular complexity index is 747. The summed E-state index contributed by atoms with van der Waals surface area (Å²) in [5, 5.41) is 9.18. The van der Waals surface area contributed by atoms with Crippen molar-refractivity contribution >= 4 is 17.4 Å². The van der Waals surface area contributed by atoms with Crippen LogP contribution in [0.1, 0.15) is 84.0 Å². The second kappa shape index (κ2) is 16.0. The fourth-order valence-corrected chi connectivity index (χ4v) is 3.96. The molecule has 0 saturated heterocycles. The standard InChI is InChI=1S/C25H43N5O4/c1-5-6-7-8-9-10-11-12-13-14-17-30-23(27-28-29-30)15-16-24(31)26-25-21(33-3)18-20(32-2)19-22(25)34-4/h18-19,28-29H,5-17H2,1-4H3,(H,26,31). The van der Waals surface area contributed by atoms with Gasteiger partial charge in [-0.3, -0.25) is 9.80 Å². The van der Waals surface area contributed by atoms with Gasteiger partial charge in [0.1, 0.15) is 28.8 Å². The summed E-state index contributed by atoms with van der Waals surface area (Å²) in [6, 6.07) is 3.42. The van der Waals surface area contributed by atoms with Gasteiger partial charge in [0.2, 0.25) is 5.91 Å². The molecule has 0 aromatic heterocycles. The van der Waals surface area contributed by atoms with Crippen LogP contribution in [0.15, 0.2) is 17.2 Å². The third-order valence-electron chi connectivity index (χ3n) is 5.97. The summed E-state index contributed by atoms with van der Waals surface area (Å²) in [6.45, 7) is 3.12. The molecule has 2 rings (SSSR count). The van der Waals surface area contributed by atoms with Gasteiger partial charge in [-0.25, -0.2) is 5.53 Å². The SMILES string of the molecule is CCCCCCCCCCCCN1NNN=C1CCC(=O)Nc1c(OC)cc(OC)cc1OC. The lowest BCUT2D eigenvalue weighted by Crippen LogP contribution is -2.41. The monoisotopic (exact) mass is 477 g/mol. The highest BCUT2D eigenvalue weighted by Gasteiger charge is 2.20. The lowest BCUT2D eigenvalue weighted by Gasteiger charge is -2.19. The predicted molar refractivity (Wildman–Crippen MR) is 136 cm³/mol. The molecule has 0 saturated carbocycles. The van der Waals surface area contributed by atoms with E-state index >= 15 is 0 Å². The lowest BCUT2D eigenvalue weighted by atomic mass is 10.1. The van der Waals surface area contributed by atoms with Gasteiger partial charge in [-0.05, 0) is 6.42 Å². The van der Waals surface area contributed by atoms with Crippen molar-refractivity contribution in [2.24, 2.45) is 5.10 Å². The first-order valence-electron chi connectivity index (χ1n) is 12.6. The number of nitrogens with zero attached hydrogens (tertiary/aromatic N) is 2. The number of methoxy groups -OCH3 is 3. The molecule has 1 aromatic rings. The lowest BCUT2D eigenvalue weighted by molar-refractivity contribution is -0.116. The third kappa shape index (κ3) is 9.29. The maximum absolute atomic E-state index is 12.6. The normalized spacial score (nSPS) is 12.8. The highest BCUT2D eigenvalue weighted by molar-refractivity contribution is 5.97. The van der Waals surface area contributed by atoms with Gasteiger partial charge in [0.05, 0.1) is 21.3 Å². The Hall–Kier alpha value is -2.68. The molecule has 0 spiro atoms. The van der Waals surface area contributed by atoms with Crippen LogP contribution in [0, 0.1) is 0 Å². The van der Waals surface area contributed by atoms with E-state index in [1.165, 1.54) is 57.8 Å². The van der Waals surface area contributed by atoms with Gasteiger partial charge in [0.15, 0.2) is 0 Å². The molecule has 0 aliphatic carbocycles. The molecule has 9 heteroatoms. The maximum Gasteiger partial charge on any atom is 0.225 e. The Morgan fingerprint density at radius 3 is 2.06 bits per heavy atom. The molecule has 0 fully saturated rings. The van der Waals surface area contributed by atoms with Crippen molar-refractivity contribution in [1.82, 2.24) is 16.1 Å². The minimum absolute atomic E-state index is 0.143. The van der Waals surface area contributed by atoms with Gasteiger partial charge >= 0.3 is 0 Å². The summed E-state index contributed by atoms with van der Waals surface area (Å²) < 4.78 is 16.1. The number of hydrazine groups is 2. The Morgan fingerprint density at radius 1 is 0.912 bits per heavy atom. The number of ether oxygens (including phenoxy) is 3. The minimum Gasteiger partial charge on any atom is -0.496 e. The van der Waals surface area contributed by atoms with Crippen molar-refractivity contribution in [3.05, 3.63) is 12.1 Å². The zero-order valence-corrected chi connectivity index (χ0v) is 21.4. The van der Waals surface area contributed by atoms with E-state index in [0.29, 0.717) is 29.4 Å². The Labute approximate surface area is 204 Å². The van der Waals surface area contributed by atoms with Crippen LogP contribution >= 0.6 is 0 Å². The van der Waals surface area contributed by atoms with Crippen LogP contribution < -0.4 is 30.6 Å². The number of nitrogens with one attached hydrogen (secondary N) is 3. The third-order valence-corrected chi connectivity index (χ3v) is 5.97. The van der Waals surface area contributed by atoms with E-state index in [9.17, 15) is 4.79 Å². The molecule has 1 heterocycles. The summed E-state index contributed by atoms with van der Waals surface area (Å²) in [5.74, 6) is 2.24. The number of hydrogen-bond acceptors (Lipinski definition) is 8. The zero-order valence-electron chi connectivity index (χ0n) is 21.4. The van der Waals surface area contributed by atoms with Gasteiger partial charge in [0.25, 0.3) is 0 Å². The van der Waals surface area contributed by atoms with Gasteiger partial charge in [0, 0.05) is 31.5 Å². The highest BCUT2D eigenvalue weighted by atomic mass is 16.5. The van der Waals surface area contributed by atoms with Crippen LogP contribution in [0.5, 0.6) is 17.2 Å². The smallest absolute Gasteiger partial charge is 0.225 e. The van der Waals surface area contributed by atoms with Crippen LogP contribution in [-0.2, 0) is 4.79 Å². The number of amidine groups is 1. The largest absolute Gasteiger partial charge is 0.496 e. The first-order valence-corrected chi connectivity index (χ1v) is 12.6. The van der Waals surface area contributed by atoms with Crippen molar-refractivity contribution in [3.8, 4) is 17.2 Å². The van der Waals surface area contributed by atoms with Crippen LogP contribution in [-0.4, -0.2) is 44.6 Å². The van der Waals surface area contributed by atoms with Crippen molar-refractivity contribution in [1.29, 1.82) is 0 Å². The van der Waals surface area contributed by atoms with Crippen LogP contribution in [0.3, 0.4) is 0 Å². The second-order valence-corrected chi connectivity index (χ2v) is 8.54. The average molecular weight is 478 g/mol. The average Bonchev–Trinajstić information content (AvgIpc) is 3.31. The minimum atomic E-state index is -0.143. The highest BCUT2D eigenvalue weighted by Crippen LogP contribution is 2.39. The number of amides is 1. The molecular formula is C25H43N5O4. The first-order chi connectivity index (χ1) is 16.6. The van der Waals surface area contributed by atoms with E-state index in [4.69, 9.17) is 14.2 Å². The summed E-state index contributed by atoms with van der Waals surface area (Å²) >= 11 is 0. The number of hydrazone groups is 1. The van der Waals surface area contributed by atoms with Crippen molar-refractivity contribution < 1.29 is 19.0 Å². The molecule has 34 heavy (non-hydrogen) atoms. The fourth-order valence-electron chi connectivity index (χ4n) is 3.96. The molecule has 1 aliphatic rings. The number of benzene rings is 1.